The molecule has 5 rings (SSSR count). The van der Waals surface area contributed by atoms with E-state index in [1.54, 1.807) is 0 Å². The zero-order chi connectivity index (χ0) is 21.1. The molecule has 1 unspecified atom stereocenters. The first-order valence-corrected chi connectivity index (χ1v) is 12.1. The van der Waals surface area contributed by atoms with Crippen molar-refractivity contribution in [3.05, 3.63) is 34.9 Å². The van der Waals surface area contributed by atoms with Crippen molar-refractivity contribution in [2.24, 2.45) is 5.41 Å². The van der Waals surface area contributed by atoms with Crippen LogP contribution in [0.25, 0.3) is 0 Å². The van der Waals surface area contributed by atoms with Crippen molar-refractivity contribution in [3.8, 4) is 0 Å². The Labute approximate surface area is 185 Å². The Balaban J connectivity index is 1.63. The molecule has 1 saturated heterocycles. The monoisotopic (exact) mass is 426 g/mol. The van der Waals surface area contributed by atoms with Crippen LogP contribution in [0.4, 0.5) is 0 Å². The smallest absolute Gasteiger partial charge is 0.259 e. The second-order valence-electron chi connectivity index (χ2n) is 10.2. The minimum atomic E-state index is -0.711. The van der Waals surface area contributed by atoms with Crippen LogP contribution in [0.2, 0.25) is 0 Å². The predicted octanol–water partition coefficient (Wildman–Crippen LogP) is 4.80. The van der Waals surface area contributed by atoms with Crippen LogP contribution in [0.5, 0.6) is 0 Å². The highest BCUT2D eigenvalue weighted by atomic mass is 32.1. The quantitative estimate of drug-likeness (QED) is 0.705. The van der Waals surface area contributed by atoms with Crippen LogP contribution in [0, 0.1) is 5.41 Å². The number of carbonyl (C=O) groups excluding carboxylic acids is 1. The number of nitrogens with zero attached hydrogens (tertiary/aromatic N) is 1. The van der Waals surface area contributed by atoms with Crippen molar-refractivity contribution in [1.29, 1.82) is 0 Å². The van der Waals surface area contributed by atoms with E-state index in [9.17, 15) is 4.79 Å². The minimum Gasteiger partial charge on any atom is -0.381 e. The number of ether oxygens (including phenoxy) is 1. The van der Waals surface area contributed by atoms with E-state index in [4.69, 9.17) is 17.0 Å². The molecular weight excluding hydrogens is 392 g/mol. The van der Waals surface area contributed by atoms with Crippen LogP contribution in [-0.4, -0.2) is 35.2 Å². The van der Waals surface area contributed by atoms with Crippen molar-refractivity contribution >= 4 is 23.2 Å². The van der Waals surface area contributed by atoms with Gasteiger partial charge in [0.05, 0.1) is 6.10 Å². The second kappa shape index (κ2) is 7.30. The number of methoxy groups -OCH3 is 1. The predicted molar refractivity (Wildman–Crippen MR) is 122 cm³/mol. The topological polar surface area (TPSA) is 41.6 Å². The standard InChI is InChI=1S/C25H34N2O2S/c1-16(2)27-22(28)25(26-23(27)30)21-14-18(17-6-4-5-7-17)8-9-19(21)15-24(25)12-10-20(29-3)11-13-24/h8-9,14,16-17,20H,4-7,10-13,15H2,1-3H3,(H,26,30). The van der Waals surface area contributed by atoms with E-state index in [2.05, 4.69) is 37.4 Å². The van der Waals surface area contributed by atoms with Gasteiger partial charge in [-0.1, -0.05) is 31.0 Å². The minimum absolute atomic E-state index is 0.0614. The Morgan fingerprint density at radius 2 is 1.87 bits per heavy atom. The van der Waals surface area contributed by atoms with Gasteiger partial charge in [-0.25, -0.2) is 0 Å². The molecule has 3 aliphatic carbocycles. The van der Waals surface area contributed by atoms with E-state index in [0.717, 1.165) is 32.1 Å². The Bertz CT molecular complexity index is 868. The van der Waals surface area contributed by atoms with E-state index in [-0.39, 0.29) is 17.4 Å². The summed E-state index contributed by atoms with van der Waals surface area (Å²) in [5.74, 6) is 0.804. The summed E-state index contributed by atoms with van der Waals surface area (Å²) in [5.41, 5.74) is 3.12. The molecule has 1 amide bonds. The number of carbonyl (C=O) groups is 1. The summed E-state index contributed by atoms with van der Waals surface area (Å²) in [5, 5.41) is 4.24. The number of thiocarbonyl (C=S) groups is 1. The van der Waals surface area contributed by atoms with E-state index < -0.39 is 5.54 Å². The summed E-state index contributed by atoms with van der Waals surface area (Å²) >= 11 is 5.74. The number of nitrogens with one attached hydrogen (secondary N) is 1. The molecule has 1 heterocycles. The highest BCUT2D eigenvalue weighted by Crippen LogP contribution is 2.60. The van der Waals surface area contributed by atoms with Crippen molar-refractivity contribution < 1.29 is 9.53 Å². The molecule has 3 fully saturated rings. The van der Waals surface area contributed by atoms with E-state index in [1.807, 2.05) is 12.0 Å². The third-order valence-corrected chi connectivity index (χ3v) is 8.78. The van der Waals surface area contributed by atoms with Crippen LogP contribution in [0.15, 0.2) is 18.2 Å². The maximum absolute atomic E-state index is 14.1. The van der Waals surface area contributed by atoms with Gasteiger partial charge >= 0.3 is 0 Å². The summed E-state index contributed by atoms with van der Waals surface area (Å²) in [4.78, 5) is 16.0. The number of benzene rings is 1. The highest BCUT2D eigenvalue weighted by Gasteiger charge is 2.67. The SMILES string of the molecule is COC1CCC2(CC1)Cc1ccc(C3CCCC3)cc1C21NC(=S)N(C(C)C)C1=O. The van der Waals surface area contributed by atoms with E-state index in [1.165, 1.54) is 42.4 Å². The fourth-order valence-corrected chi connectivity index (χ4v) is 7.33. The lowest BCUT2D eigenvalue weighted by atomic mass is 9.61. The van der Waals surface area contributed by atoms with Gasteiger partial charge in [0.2, 0.25) is 0 Å². The molecule has 2 saturated carbocycles. The first-order valence-electron chi connectivity index (χ1n) is 11.7. The van der Waals surface area contributed by atoms with E-state index in [0.29, 0.717) is 17.1 Å². The van der Waals surface area contributed by atoms with Crippen LogP contribution < -0.4 is 5.32 Å². The van der Waals surface area contributed by atoms with Crippen molar-refractivity contribution in [2.75, 3.05) is 7.11 Å². The Hall–Kier alpha value is -1.46. The maximum atomic E-state index is 14.1. The zero-order valence-corrected chi connectivity index (χ0v) is 19.3. The molecule has 0 aromatic heterocycles. The summed E-state index contributed by atoms with van der Waals surface area (Å²) in [6.07, 6.45) is 10.4. The molecule has 4 aliphatic rings. The van der Waals surface area contributed by atoms with Gasteiger partial charge in [-0.15, -0.1) is 0 Å². The summed E-state index contributed by atoms with van der Waals surface area (Å²) in [6.45, 7) is 4.12. The maximum Gasteiger partial charge on any atom is 0.259 e. The molecule has 1 aliphatic heterocycles. The molecule has 30 heavy (non-hydrogen) atoms. The Morgan fingerprint density at radius 3 is 2.47 bits per heavy atom. The lowest BCUT2D eigenvalue weighted by molar-refractivity contribution is -0.139. The third-order valence-electron chi connectivity index (χ3n) is 8.48. The van der Waals surface area contributed by atoms with Gasteiger partial charge in [0.25, 0.3) is 5.91 Å². The molecule has 5 heteroatoms. The number of amides is 1. The van der Waals surface area contributed by atoms with Crippen LogP contribution in [-0.2, 0) is 21.5 Å². The van der Waals surface area contributed by atoms with Gasteiger partial charge in [0, 0.05) is 18.6 Å². The first kappa shape index (κ1) is 20.4. The molecule has 162 valence electrons. The number of hydrogen-bond acceptors (Lipinski definition) is 3. The van der Waals surface area contributed by atoms with E-state index >= 15 is 0 Å². The number of fused-ring (bicyclic) bond motifs is 3. The molecule has 1 N–H and O–H groups in total. The van der Waals surface area contributed by atoms with Crippen LogP contribution in [0.1, 0.15) is 87.8 Å². The van der Waals surface area contributed by atoms with Crippen molar-refractivity contribution in [2.45, 2.75) is 95.2 Å². The lowest BCUT2D eigenvalue weighted by Crippen LogP contribution is -2.57. The van der Waals surface area contributed by atoms with Crippen molar-refractivity contribution in [3.63, 3.8) is 0 Å². The number of rotatable bonds is 3. The fraction of sp³-hybridized carbons (Fsp3) is 0.680. The molecule has 0 bridgehead atoms. The Kier molecular flexibility index (Phi) is 4.98. The van der Waals surface area contributed by atoms with Gasteiger partial charge in [-0.3, -0.25) is 9.69 Å². The largest absolute Gasteiger partial charge is 0.381 e. The molecule has 1 aromatic carbocycles. The molecule has 2 spiro atoms. The molecule has 1 atom stereocenters. The van der Waals surface area contributed by atoms with Crippen molar-refractivity contribution in [1.82, 2.24) is 10.2 Å². The van der Waals surface area contributed by atoms with Gasteiger partial charge < -0.3 is 10.1 Å². The average Bonchev–Trinajstić information content (AvgIpc) is 3.41. The highest BCUT2D eigenvalue weighted by molar-refractivity contribution is 7.80. The van der Waals surface area contributed by atoms with Gasteiger partial charge in [-0.05, 0) is 93.6 Å². The summed E-state index contributed by atoms with van der Waals surface area (Å²) in [6, 6.07) is 7.09. The lowest BCUT2D eigenvalue weighted by Gasteiger charge is -2.46. The van der Waals surface area contributed by atoms with Crippen LogP contribution in [0.3, 0.4) is 0 Å². The fourth-order valence-electron chi connectivity index (χ4n) is 6.88. The Morgan fingerprint density at radius 1 is 1.17 bits per heavy atom. The van der Waals surface area contributed by atoms with Gasteiger partial charge in [-0.2, -0.15) is 0 Å². The normalized spacial score (nSPS) is 33.9. The molecule has 0 radical (unpaired) electrons. The third kappa shape index (κ3) is 2.74. The molecular formula is C25H34N2O2S. The van der Waals surface area contributed by atoms with Gasteiger partial charge in [0.15, 0.2) is 10.7 Å². The van der Waals surface area contributed by atoms with Crippen LogP contribution >= 0.6 is 12.2 Å². The summed E-state index contributed by atoms with van der Waals surface area (Å²) in [7, 11) is 1.81. The molecule has 4 nitrogen and oxygen atoms in total. The van der Waals surface area contributed by atoms with Gasteiger partial charge in [0.1, 0.15) is 0 Å². The summed E-state index contributed by atoms with van der Waals surface area (Å²) < 4.78 is 5.67. The second-order valence-corrected chi connectivity index (χ2v) is 10.6. The average molecular weight is 427 g/mol. The first-order chi connectivity index (χ1) is 14.4. The number of hydrogen-bond donors (Lipinski definition) is 1. The molecule has 1 aromatic rings. The zero-order valence-electron chi connectivity index (χ0n) is 18.5.